The maximum absolute atomic E-state index is 13.4. The van der Waals surface area contributed by atoms with Gasteiger partial charge in [0.1, 0.15) is 5.82 Å². The van der Waals surface area contributed by atoms with Gasteiger partial charge in [0.05, 0.1) is 5.56 Å². The van der Waals surface area contributed by atoms with Gasteiger partial charge in [0.15, 0.2) is 5.11 Å². The summed E-state index contributed by atoms with van der Waals surface area (Å²) < 4.78 is 13.4. The van der Waals surface area contributed by atoms with Crippen molar-refractivity contribution in [1.82, 2.24) is 10.2 Å². The molecule has 0 aliphatic carbocycles. The molecule has 0 saturated heterocycles. The molecule has 0 aromatic heterocycles. The van der Waals surface area contributed by atoms with Gasteiger partial charge in [0.25, 0.3) is 5.91 Å². The van der Waals surface area contributed by atoms with Gasteiger partial charge in [-0.25, -0.2) is 4.39 Å². The van der Waals surface area contributed by atoms with Crippen LogP contribution in [0, 0.1) is 5.82 Å². The minimum atomic E-state index is -0.582. The predicted molar refractivity (Wildman–Crippen MR) is 78.4 cm³/mol. The third kappa shape index (κ3) is 4.30. The fraction of sp³-hybridized carbons (Fsp3) is 0.143. The topological polar surface area (TPSA) is 32.3 Å². The van der Waals surface area contributed by atoms with Crippen LogP contribution in [0.3, 0.4) is 0 Å². The van der Waals surface area contributed by atoms with Crippen molar-refractivity contribution in [2.45, 2.75) is 0 Å². The summed E-state index contributed by atoms with van der Waals surface area (Å²) >= 11 is 5.10. The Labute approximate surface area is 117 Å². The summed E-state index contributed by atoms with van der Waals surface area (Å²) in [5.74, 6) is -1.15. The number of thiocarbonyl (C=S) groups is 1. The summed E-state index contributed by atoms with van der Waals surface area (Å²) in [5, 5.41) is 2.71. The Morgan fingerprint density at radius 2 is 1.89 bits per heavy atom. The van der Waals surface area contributed by atoms with Crippen molar-refractivity contribution in [3.8, 4) is 0 Å². The fourth-order valence-electron chi connectivity index (χ4n) is 1.44. The molecule has 3 nitrogen and oxygen atoms in total. The first-order chi connectivity index (χ1) is 9.10. The monoisotopic (exact) mass is 278 g/mol. The summed E-state index contributed by atoms with van der Waals surface area (Å²) in [6.07, 6.45) is 3.32. The minimum Gasteiger partial charge on any atom is -0.342 e. The first kappa shape index (κ1) is 15.0. The first-order valence-corrected chi connectivity index (χ1v) is 6.07. The second kappa shape index (κ2) is 7.43. The van der Waals surface area contributed by atoms with Crippen molar-refractivity contribution in [2.24, 2.45) is 0 Å². The second-order valence-corrected chi connectivity index (χ2v) is 4.11. The van der Waals surface area contributed by atoms with Gasteiger partial charge in [-0.1, -0.05) is 24.3 Å². The van der Waals surface area contributed by atoms with Crippen LogP contribution in [0.4, 0.5) is 4.39 Å². The molecule has 5 heteroatoms. The molecule has 1 N–H and O–H groups in total. The first-order valence-electron chi connectivity index (χ1n) is 5.66. The lowest BCUT2D eigenvalue weighted by atomic mass is 10.2. The van der Waals surface area contributed by atoms with Crippen molar-refractivity contribution in [2.75, 3.05) is 13.1 Å². The van der Waals surface area contributed by atoms with E-state index in [2.05, 4.69) is 18.5 Å². The van der Waals surface area contributed by atoms with Gasteiger partial charge in [0.2, 0.25) is 0 Å². The Kier molecular flexibility index (Phi) is 5.89. The number of carbonyl (C=O) groups is 1. The maximum Gasteiger partial charge on any atom is 0.260 e. The average molecular weight is 278 g/mol. The highest BCUT2D eigenvalue weighted by Crippen LogP contribution is 2.06. The van der Waals surface area contributed by atoms with Crippen molar-refractivity contribution in [1.29, 1.82) is 0 Å². The van der Waals surface area contributed by atoms with E-state index in [4.69, 9.17) is 12.2 Å². The summed E-state index contributed by atoms with van der Waals surface area (Å²) in [4.78, 5) is 13.6. The molecule has 0 bridgehead atoms. The molecule has 0 saturated carbocycles. The molecule has 0 heterocycles. The zero-order valence-electron chi connectivity index (χ0n) is 10.4. The van der Waals surface area contributed by atoms with Crippen LogP contribution in [0.25, 0.3) is 0 Å². The number of nitrogens with one attached hydrogen (secondary N) is 1. The smallest absolute Gasteiger partial charge is 0.260 e. The van der Waals surface area contributed by atoms with E-state index in [0.29, 0.717) is 13.1 Å². The van der Waals surface area contributed by atoms with E-state index in [1.165, 1.54) is 18.2 Å². The molecule has 1 aromatic carbocycles. The van der Waals surface area contributed by atoms with Gasteiger partial charge in [-0.05, 0) is 24.4 Å². The lowest BCUT2D eigenvalue weighted by Gasteiger charge is -2.22. The molecule has 0 radical (unpaired) electrons. The molecule has 0 fully saturated rings. The molecule has 0 aliphatic rings. The van der Waals surface area contributed by atoms with E-state index in [-0.39, 0.29) is 10.7 Å². The highest BCUT2D eigenvalue weighted by atomic mass is 32.1. The van der Waals surface area contributed by atoms with Gasteiger partial charge >= 0.3 is 0 Å². The maximum atomic E-state index is 13.4. The number of rotatable bonds is 5. The van der Waals surface area contributed by atoms with Crippen molar-refractivity contribution < 1.29 is 9.18 Å². The van der Waals surface area contributed by atoms with E-state index >= 15 is 0 Å². The van der Waals surface area contributed by atoms with Gasteiger partial charge in [-0.15, -0.1) is 13.2 Å². The number of hydrogen-bond acceptors (Lipinski definition) is 2. The Morgan fingerprint density at radius 3 is 2.42 bits per heavy atom. The Balaban J connectivity index is 2.75. The number of benzene rings is 1. The molecule has 19 heavy (non-hydrogen) atoms. The highest BCUT2D eigenvalue weighted by molar-refractivity contribution is 7.80. The van der Waals surface area contributed by atoms with Crippen LogP contribution in [0.1, 0.15) is 10.4 Å². The van der Waals surface area contributed by atoms with E-state index in [0.717, 1.165) is 0 Å². The molecule has 100 valence electrons. The van der Waals surface area contributed by atoms with E-state index in [1.807, 2.05) is 0 Å². The normalized spacial score (nSPS) is 9.53. The summed E-state index contributed by atoms with van der Waals surface area (Å²) in [6, 6.07) is 5.74. The lowest BCUT2D eigenvalue weighted by Crippen LogP contribution is -2.43. The molecule has 1 amide bonds. The van der Waals surface area contributed by atoms with E-state index in [1.54, 1.807) is 23.1 Å². The summed E-state index contributed by atoms with van der Waals surface area (Å²) in [6.45, 7) is 8.17. The Bertz CT molecular complexity index is 492. The standard InChI is InChI=1S/C14H15FN2OS/c1-3-9-17(10-4-2)14(19)16-13(18)11-7-5-6-8-12(11)15/h3-8H,1-2,9-10H2,(H,16,18,19). The van der Waals surface area contributed by atoms with Crippen LogP contribution in [-0.4, -0.2) is 29.0 Å². The van der Waals surface area contributed by atoms with Crippen LogP contribution in [-0.2, 0) is 0 Å². The van der Waals surface area contributed by atoms with Gasteiger partial charge in [0, 0.05) is 13.1 Å². The van der Waals surface area contributed by atoms with Gasteiger partial charge in [-0.2, -0.15) is 0 Å². The molecule has 0 spiro atoms. The van der Waals surface area contributed by atoms with Crippen LogP contribution in [0.15, 0.2) is 49.6 Å². The van der Waals surface area contributed by atoms with Gasteiger partial charge < -0.3 is 4.90 Å². The van der Waals surface area contributed by atoms with Crippen LogP contribution in [0.2, 0.25) is 0 Å². The van der Waals surface area contributed by atoms with Crippen LogP contribution < -0.4 is 5.32 Å². The number of nitrogens with zero attached hydrogens (tertiary/aromatic N) is 1. The second-order valence-electron chi connectivity index (χ2n) is 3.72. The molecule has 1 aromatic rings. The number of amides is 1. The molecule has 0 aliphatic heterocycles. The van der Waals surface area contributed by atoms with E-state index < -0.39 is 11.7 Å². The quantitative estimate of drug-likeness (QED) is 0.663. The fourth-order valence-corrected chi connectivity index (χ4v) is 1.68. The Hall–Kier alpha value is -2.01. The van der Waals surface area contributed by atoms with Crippen molar-refractivity contribution in [3.63, 3.8) is 0 Å². The summed E-state index contributed by atoms with van der Waals surface area (Å²) in [5.41, 5.74) is -0.0398. The molecule has 0 unspecified atom stereocenters. The van der Waals surface area contributed by atoms with Crippen molar-refractivity contribution in [3.05, 3.63) is 61.0 Å². The summed E-state index contributed by atoms with van der Waals surface area (Å²) in [7, 11) is 0. The van der Waals surface area contributed by atoms with Gasteiger partial charge in [-0.3, -0.25) is 10.1 Å². The minimum absolute atomic E-state index is 0.0398. The predicted octanol–water partition coefficient (Wildman–Crippen LogP) is 2.51. The number of carbonyl (C=O) groups excluding carboxylic acids is 1. The van der Waals surface area contributed by atoms with Crippen LogP contribution in [0.5, 0.6) is 0 Å². The largest absolute Gasteiger partial charge is 0.342 e. The molecular formula is C14H15FN2OS. The highest BCUT2D eigenvalue weighted by Gasteiger charge is 2.14. The SMILES string of the molecule is C=CCN(CC=C)C(=S)NC(=O)c1ccccc1F. The average Bonchev–Trinajstić information content (AvgIpc) is 2.38. The third-order valence-corrected chi connectivity index (χ3v) is 2.69. The zero-order chi connectivity index (χ0) is 14.3. The van der Waals surface area contributed by atoms with Crippen molar-refractivity contribution >= 4 is 23.2 Å². The third-order valence-electron chi connectivity index (χ3n) is 2.33. The molecular weight excluding hydrogens is 263 g/mol. The van der Waals surface area contributed by atoms with E-state index in [9.17, 15) is 9.18 Å². The Morgan fingerprint density at radius 1 is 1.32 bits per heavy atom. The zero-order valence-corrected chi connectivity index (χ0v) is 11.3. The molecule has 0 atom stereocenters. The van der Waals surface area contributed by atoms with Crippen LogP contribution >= 0.6 is 12.2 Å². The number of hydrogen-bond donors (Lipinski definition) is 1. The lowest BCUT2D eigenvalue weighted by molar-refractivity contribution is 0.0970. The molecule has 1 rings (SSSR count). The number of halogens is 1.